The molecule has 0 saturated carbocycles. The molecule has 1 aromatic carbocycles. The van der Waals surface area contributed by atoms with Crippen molar-refractivity contribution >= 4 is 5.78 Å². The summed E-state index contributed by atoms with van der Waals surface area (Å²) in [6.07, 6.45) is 4.64. The Morgan fingerprint density at radius 2 is 1.76 bits per heavy atom. The SMILES string of the molecule is CN1C2CCC1CC(C(=O)c1cccc(C(C)(C)C)c1)C2. The first kappa shape index (κ1) is 14.8. The predicted molar refractivity (Wildman–Crippen MR) is 86.8 cm³/mol. The Morgan fingerprint density at radius 3 is 2.33 bits per heavy atom. The van der Waals surface area contributed by atoms with Gasteiger partial charge in [0.2, 0.25) is 0 Å². The number of benzene rings is 1. The zero-order valence-corrected chi connectivity index (χ0v) is 13.7. The summed E-state index contributed by atoms with van der Waals surface area (Å²) >= 11 is 0. The van der Waals surface area contributed by atoms with Gasteiger partial charge in [-0.3, -0.25) is 4.79 Å². The molecule has 2 heteroatoms. The molecule has 114 valence electrons. The second-order valence-corrected chi connectivity index (χ2v) is 7.91. The maximum atomic E-state index is 12.9. The normalized spacial score (nSPS) is 29.6. The van der Waals surface area contributed by atoms with Crippen LogP contribution in [0.15, 0.2) is 24.3 Å². The van der Waals surface area contributed by atoms with E-state index in [2.05, 4.69) is 44.9 Å². The summed E-state index contributed by atoms with van der Waals surface area (Å²) in [6.45, 7) is 6.60. The number of piperidine rings is 1. The van der Waals surface area contributed by atoms with Crippen molar-refractivity contribution in [2.75, 3.05) is 7.05 Å². The van der Waals surface area contributed by atoms with Gasteiger partial charge in [0, 0.05) is 23.6 Å². The van der Waals surface area contributed by atoms with Crippen LogP contribution in [0.4, 0.5) is 0 Å². The van der Waals surface area contributed by atoms with E-state index >= 15 is 0 Å². The highest BCUT2D eigenvalue weighted by molar-refractivity contribution is 5.98. The summed E-state index contributed by atoms with van der Waals surface area (Å²) in [6, 6.07) is 9.54. The van der Waals surface area contributed by atoms with Gasteiger partial charge in [-0.1, -0.05) is 39.0 Å². The Hall–Kier alpha value is -1.15. The zero-order valence-electron chi connectivity index (χ0n) is 13.7. The number of carbonyl (C=O) groups is 1. The van der Waals surface area contributed by atoms with E-state index in [9.17, 15) is 4.79 Å². The highest BCUT2D eigenvalue weighted by Gasteiger charge is 2.40. The summed E-state index contributed by atoms with van der Waals surface area (Å²) in [7, 11) is 2.23. The Bertz CT molecular complexity index is 529. The van der Waals surface area contributed by atoms with Crippen molar-refractivity contribution in [3.05, 3.63) is 35.4 Å². The van der Waals surface area contributed by atoms with Crippen LogP contribution < -0.4 is 0 Å². The van der Waals surface area contributed by atoms with Crippen LogP contribution in [-0.4, -0.2) is 29.8 Å². The first-order valence-electron chi connectivity index (χ1n) is 8.23. The highest BCUT2D eigenvalue weighted by atomic mass is 16.1. The van der Waals surface area contributed by atoms with Gasteiger partial charge < -0.3 is 4.90 Å². The molecule has 0 spiro atoms. The van der Waals surface area contributed by atoms with Gasteiger partial charge in [0.25, 0.3) is 0 Å². The Balaban J connectivity index is 1.80. The van der Waals surface area contributed by atoms with Crippen molar-refractivity contribution in [3.63, 3.8) is 0 Å². The van der Waals surface area contributed by atoms with E-state index in [-0.39, 0.29) is 11.3 Å². The lowest BCUT2D eigenvalue weighted by Crippen LogP contribution is -2.42. The van der Waals surface area contributed by atoms with Crippen LogP contribution in [0.25, 0.3) is 0 Å². The molecular formula is C19H27NO. The van der Waals surface area contributed by atoms with E-state index in [4.69, 9.17) is 0 Å². The van der Waals surface area contributed by atoms with Crippen LogP contribution in [0.2, 0.25) is 0 Å². The molecule has 0 amide bonds. The number of hydrogen-bond donors (Lipinski definition) is 0. The van der Waals surface area contributed by atoms with Crippen LogP contribution in [-0.2, 0) is 5.41 Å². The fourth-order valence-corrected chi connectivity index (χ4v) is 4.00. The average Bonchev–Trinajstić information content (AvgIpc) is 2.66. The minimum absolute atomic E-state index is 0.0993. The lowest BCUT2D eigenvalue weighted by molar-refractivity contribution is 0.0767. The number of Topliss-reactive ketones (excluding diaryl/α,β-unsaturated/α-hetero) is 1. The molecule has 0 N–H and O–H groups in total. The summed E-state index contributed by atoms with van der Waals surface area (Å²) in [4.78, 5) is 15.4. The van der Waals surface area contributed by atoms with E-state index in [1.807, 2.05) is 12.1 Å². The third-order valence-corrected chi connectivity index (χ3v) is 5.48. The Kier molecular flexibility index (Phi) is 3.69. The minimum Gasteiger partial charge on any atom is -0.300 e. The van der Waals surface area contributed by atoms with Gasteiger partial charge >= 0.3 is 0 Å². The van der Waals surface area contributed by atoms with E-state index < -0.39 is 0 Å². The summed E-state index contributed by atoms with van der Waals surface area (Å²) < 4.78 is 0. The molecule has 2 atom stereocenters. The van der Waals surface area contributed by atoms with E-state index in [1.54, 1.807) is 0 Å². The fraction of sp³-hybridized carbons (Fsp3) is 0.632. The molecule has 1 aromatic rings. The molecule has 2 unspecified atom stereocenters. The first-order chi connectivity index (χ1) is 9.86. The van der Waals surface area contributed by atoms with Gasteiger partial charge in [-0.25, -0.2) is 0 Å². The third kappa shape index (κ3) is 2.78. The topological polar surface area (TPSA) is 20.3 Å². The maximum Gasteiger partial charge on any atom is 0.166 e. The molecule has 2 bridgehead atoms. The summed E-state index contributed by atoms with van der Waals surface area (Å²) in [5.41, 5.74) is 2.27. The average molecular weight is 285 g/mol. The second-order valence-electron chi connectivity index (χ2n) is 7.91. The van der Waals surface area contributed by atoms with E-state index in [0.717, 1.165) is 18.4 Å². The molecule has 2 aliphatic rings. The number of nitrogens with zero attached hydrogens (tertiary/aromatic N) is 1. The van der Waals surface area contributed by atoms with Crippen molar-refractivity contribution in [2.45, 2.75) is 64.0 Å². The first-order valence-corrected chi connectivity index (χ1v) is 8.23. The van der Waals surface area contributed by atoms with Crippen LogP contribution in [0.5, 0.6) is 0 Å². The molecule has 2 saturated heterocycles. The van der Waals surface area contributed by atoms with E-state index in [1.165, 1.54) is 18.4 Å². The third-order valence-electron chi connectivity index (χ3n) is 5.48. The number of fused-ring (bicyclic) bond motifs is 2. The molecule has 0 aromatic heterocycles. The van der Waals surface area contributed by atoms with Gasteiger partial charge in [-0.05, 0) is 49.8 Å². The van der Waals surface area contributed by atoms with Gasteiger partial charge in [-0.15, -0.1) is 0 Å². The fourth-order valence-electron chi connectivity index (χ4n) is 4.00. The lowest BCUT2D eigenvalue weighted by Gasteiger charge is -2.35. The standard InChI is InChI=1S/C19H27NO/c1-19(2,3)15-7-5-6-13(10-15)18(21)14-11-16-8-9-17(12-14)20(16)4/h5-7,10,14,16-17H,8-9,11-12H2,1-4H3. The molecule has 2 nitrogen and oxygen atoms in total. The minimum atomic E-state index is 0.0993. The Labute approximate surface area is 128 Å². The van der Waals surface area contributed by atoms with Crippen LogP contribution >= 0.6 is 0 Å². The molecule has 2 fully saturated rings. The predicted octanol–water partition coefficient (Wildman–Crippen LogP) is 4.04. The number of carbonyl (C=O) groups excluding carboxylic acids is 1. The van der Waals surface area contributed by atoms with Crippen molar-refractivity contribution in [1.82, 2.24) is 4.90 Å². The quantitative estimate of drug-likeness (QED) is 0.764. The van der Waals surface area contributed by atoms with Gasteiger partial charge in [0.05, 0.1) is 0 Å². The Morgan fingerprint density at radius 1 is 1.14 bits per heavy atom. The monoisotopic (exact) mass is 285 g/mol. The van der Waals surface area contributed by atoms with Gasteiger partial charge in [0.15, 0.2) is 5.78 Å². The van der Waals surface area contributed by atoms with E-state index in [0.29, 0.717) is 17.9 Å². The molecule has 0 radical (unpaired) electrons. The molecule has 3 rings (SSSR count). The second kappa shape index (κ2) is 5.24. The molecule has 21 heavy (non-hydrogen) atoms. The van der Waals surface area contributed by atoms with Gasteiger partial charge in [0.1, 0.15) is 0 Å². The van der Waals surface area contributed by atoms with Crippen LogP contribution in [0, 0.1) is 5.92 Å². The van der Waals surface area contributed by atoms with Gasteiger partial charge in [-0.2, -0.15) is 0 Å². The highest BCUT2D eigenvalue weighted by Crippen LogP contribution is 2.38. The largest absolute Gasteiger partial charge is 0.300 e. The number of hydrogen-bond acceptors (Lipinski definition) is 2. The zero-order chi connectivity index (χ0) is 15.2. The summed E-state index contributed by atoms with van der Waals surface area (Å²) in [5, 5.41) is 0. The molecule has 0 aliphatic carbocycles. The van der Waals surface area contributed by atoms with Crippen molar-refractivity contribution in [2.24, 2.45) is 5.92 Å². The summed E-state index contributed by atoms with van der Waals surface area (Å²) in [5.74, 6) is 0.597. The number of rotatable bonds is 2. The van der Waals surface area contributed by atoms with Crippen LogP contribution in [0.3, 0.4) is 0 Å². The van der Waals surface area contributed by atoms with Crippen molar-refractivity contribution < 1.29 is 4.79 Å². The van der Waals surface area contributed by atoms with Crippen molar-refractivity contribution in [1.29, 1.82) is 0 Å². The van der Waals surface area contributed by atoms with Crippen molar-refractivity contribution in [3.8, 4) is 0 Å². The molecular weight excluding hydrogens is 258 g/mol. The lowest BCUT2D eigenvalue weighted by atomic mass is 9.82. The molecule has 2 heterocycles. The smallest absolute Gasteiger partial charge is 0.166 e. The van der Waals surface area contributed by atoms with Crippen LogP contribution in [0.1, 0.15) is 62.4 Å². The number of ketones is 1. The maximum absolute atomic E-state index is 12.9. The molecule has 2 aliphatic heterocycles.